The summed E-state index contributed by atoms with van der Waals surface area (Å²) in [6.45, 7) is 4.49. The van der Waals surface area contributed by atoms with Crippen molar-refractivity contribution in [3.05, 3.63) is 88.1 Å². The summed E-state index contributed by atoms with van der Waals surface area (Å²) in [5.41, 5.74) is 0.328. The molecule has 37 heavy (non-hydrogen) atoms. The first kappa shape index (κ1) is 26.1. The third-order valence-electron chi connectivity index (χ3n) is 6.41. The molecule has 1 aliphatic rings. The van der Waals surface area contributed by atoms with E-state index in [1.165, 1.54) is 29.0 Å². The van der Waals surface area contributed by atoms with Crippen molar-refractivity contribution in [2.45, 2.75) is 13.8 Å². The second-order valence-corrected chi connectivity index (χ2v) is 9.08. The number of aromatic nitrogens is 1. The van der Waals surface area contributed by atoms with Gasteiger partial charge in [0.1, 0.15) is 5.82 Å². The zero-order valence-electron chi connectivity index (χ0n) is 20.3. The maximum Gasteiger partial charge on any atom is 0.255 e. The van der Waals surface area contributed by atoms with Gasteiger partial charge in [0.15, 0.2) is 0 Å². The summed E-state index contributed by atoms with van der Waals surface area (Å²) in [6.07, 6.45) is 1.51. The number of carbonyl (C=O) groups excluding carboxylic acids is 3. The molecule has 0 bridgehead atoms. The Bertz CT molecular complexity index is 1390. The van der Waals surface area contributed by atoms with E-state index in [4.69, 9.17) is 11.6 Å². The first-order valence-electron chi connectivity index (χ1n) is 11.9. The van der Waals surface area contributed by atoms with Gasteiger partial charge < -0.3 is 15.5 Å². The van der Waals surface area contributed by atoms with Gasteiger partial charge in [-0.05, 0) is 56.3 Å². The number of carbonyl (C=O) groups is 3. The number of halogens is 2. The summed E-state index contributed by atoms with van der Waals surface area (Å²) < 4.78 is 16.2. The molecular formula is C27H26ClFN4O4. The van der Waals surface area contributed by atoms with Crippen LogP contribution in [0.25, 0.3) is 5.69 Å². The average molecular weight is 525 g/mol. The number of nitrogens with one attached hydrogen (secondary N) is 2. The number of benzene rings is 2. The Balaban J connectivity index is 1.54. The number of hydrogen-bond acceptors (Lipinski definition) is 4. The van der Waals surface area contributed by atoms with Gasteiger partial charge in [-0.25, -0.2) is 4.39 Å². The lowest BCUT2D eigenvalue weighted by Crippen LogP contribution is -2.33. The maximum atomic E-state index is 14.9. The van der Waals surface area contributed by atoms with E-state index in [0.29, 0.717) is 29.5 Å². The van der Waals surface area contributed by atoms with Crippen LogP contribution in [0, 0.1) is 23.6 Å². The lowest BCUT2D eigenvalue weighted by atomic mass is 10.2. The molecule has 3 aromatic rings. The molecule has 1 heterocycles. The Morgan fingerprint density at radius 3 is 2.16 bits per heavy atom. The van der Waals surface area contributed by atoms with Crippen LogP contribution in [0.5, 0.6) is 0 Å². The van der Waals surface area contributed by atoms with Crippen molar-refractivity contribution < 1.29 is 18.8 Å². The number of rotatable bonds is 8. The zero-order valence-corrected chi connectivity index (χ0v) is 21.0. The van der Waals surface area contributed by atoms with Gasteiger partial charge in [-0.2, -0.15) is 0 Å². The summed E-state index contributed by atoms with van der Waals surface area (Å²) in [7, 11) is 0. The summed E-state index contributed by atoms with van der Waals surface area (Å²) in [5, 5.41) is 5.74. The summed E-state index contributed by atoms with van der Waals surface area (Å²) >= 11 is 5.90. The quantitative estimate of drug-likeness (QED) is 0.466. The van der Waals surface area contributed by atoms with E-state index in [1.807, 2.05) is 13.8 Å². The van der Waals surface area contributed by atoms with Gasteiger partial charge in [0.25, 0.3) is 5.56 Å². The van der Waals surface area contributed by atoms with Gasteiger partial charge in [-0.15, -0.1) is 0 Å². The fourth-order valence-corrected chi connectivity index (χ4v) is 4.51. The molecule has 3 amide bonds. The molecule has 4 rings (SSSR count). The Morgan fingerprint density at radius 1 is 0.919 bits per heavy atom. The van der Waals surface area contributed by atoms with Crippen molar-refractivity contribution >= 4 is 40.7 Å². The van der Waals surface area contributed by atoms with E-state index in [0.717, 1.165) is 6.07 Å². The van der Waals surface area contributed by atoms with Crippen LogP contribution in [0.2, 0.25) is 5.02 Å². The molecule has 0 saturated heterocycles. The van der Waals surface area contributed by atoms with Crippen molar-refractivity contribution in [3.8, 4) is 5.69 Å². The highest BCUT2D eigenvalue weighted by Crippen LogP contribution is 2.49. The van der Waals surface area contributed by atoms with E-state index < -0.39 is 35.4 Å². The molecule has 0 spiro atoms. The smallest absolute Gasteiger partial charge is 0.255 e. The van der Waals surface area contributed by atoms with Crippen LogP contribution in [0.3, 0.4) is 0 Å². The largest absolute Gasteiger partial charge is 0.343 e. The van der Waals surface area contributed by atoms with Crippen LogP contribution < -0.4 is 16.2 Å². The van der Waals surface area contributed by atoms with Gasteiger partial charge in [0.05, 0.1) is 29.1 Å². The van der Waals surface area contributed by atoms with Gasteiger partial charge in [0.2, 0.25) is 17.7 Å². The third kappa shape index (κ3) is 5.56. The second kappa shape index (κ2) is 11.0. The molecule has 2 aromatic carbocycles. The van der Waals surface area contributed by atoms with Crippen molar-refractivity contribution in [1.82, 2.24) is 9.47 Å². The van der Waals surface area contributed by atoms with Gasteiger partial charge in [-0.3, -0.25) is 23.7 Å². The molecule has 8 nitrogen and oxygen atoms in total. The second-order valence-electron chi connectivity index (χ2n) is 8.65. The number of hydrogen-bond donors (Lipinski definition) is 2. The summed E-state index contributed by atoms with van der Waals surface area (Å²) in [6, 6.07) is 15.0. The Kier molecular flexibility index (Phi) is 7.73. The van der Waals surface area contributed by atoms with Crippen molar-refractivity contribution in [2.75, 3.05) is 23.7 Å². The monoisotopic (exact) mass is 524 g/mol. The van der Waals surface area contributed by atoms with Crippen LogP contribution >= 0.6 is 11.6 Å². The van der Waals surface area contributed by atoms with E-state index in [9.17, 15) is 23.6 Å². The Hall–Kier alpha value is -3.98. The Morgan fingerprint density at radius 2 is 1.57 bits per heavy atom. The van der Waals surface area contributed by atoms with Gasteiger partial charge >= 0.3 is 0 Å². The SMILES string of the molecule is CCN(CC)C(=O)[C@H]1[C@H](C(=O)Nc2ccc(Cl)cc2)[C@@H]1C(=O)Nc1ccc(-n2ccccc2=O)cc1F. The summed E-state index contributed by atoms with van der Waals surface area (Å²) in [5.74, 6) is -4.91. The maximum absolute atomic E-state index is 14.9. The van der Waals surface area contributed by atoms with Crippen LogP contribution in [0.15, 0.2) is 71.7 Å². The number of anilines is 2. The lowest BCUT2D eigenvalue weighted by Gasteiger charge is -2.18. The topological polar surface area (TPSA) is 101 Å². The molecule has 0 aliphatic heterocycles. The van der Waals surface area contributed by atoms with Crippen LogP contribution in [0.4, 0.5) is 15.8 Å². The molecule has 10 heteroatoms. The highest BCUT2D eigenvalue weighted by atomic mass is 35.5. The standard InChI is InChI=1S/C27H26ClFN4O4/c1-3-32(4-2)27(37)24-22(25(35)30-17-10-8-16(28)9-11-17)23(24)26(36)31-20-13-12-18(15-19(20)29)33-14-6-5-7-21(33)34/h5-15,22-24H,3-4H2,1-2H3,(H,30,35)(H,31,36)/t22-,23+,24+/m1/s1. The third-order valence-corrected chi connectivity index (χ3v) is 6.66. The summed E-state index contributed by atoms with van der Waals surface area (Å²) in [4.78, 5) is 52.9. The minimum absolute atomic E-state index is 0.115. The highest BCUT2D eigenvalue weighted by molar-refractivity contribution is 6.30. The Labute approximate surface area is 218 Å². The van der Waals surface area contributed by atoms with Crippen LogP contribution in [0.1, 0.15) is 13.8 Å². The molecule has 1 aromatic heterocycles. The number of nitrogens with zero attached hydrogens (tertiary/aromatic N) is 2. The number of pyridine rings is 1. The van der Waals surface area contributed by atoms with E-state index in [1.54, 1.807) is 41.3 Å². The highest BCUT2D eigenvalue weighted by Gasteiger charge is 2.63. The minimum Gasteiger partial charge on any atom is -0.343 e. The first-order valence-corrected chi connectivity index (χ1v) is 12.3. The fourth-order valence-electron chi connectivity index (χ4n) is 4.39. The normalized spacial score (nSPS) is 18.1. The fraction of sp³-hybridized carbons (Fsp3) is 0.259. The van der Waals surface area contributed by atoms with Crippen molar-refractivity contribution in [2.24, 2.45) is 17.8 Å². The van der Waals surface area contributed by atoms with Crippen LogP contribution in [-0.4, -0.2) is 40.3 Å². The van der Waals surface area contributed by atoms with E-state index in [-0.39, 0.29) is 17.2 Å². The molecule has 192 valence electrons. The molecule has 0 radical (unpaired) electrons. The van der Waals surface area contributed by atoms with Crippen LogP contribution in [-0.2, 0) is 14.4 Å². The molecule has 1 saturated carbocycles. The minimum atomic E-state index is -0.962. The molecule has 1 fully saturated rings. The molecule has 2 N–H and O–H groups in total. The predicted octanol–water partition coefficient (Wildman–Crippen LogP) is 3.94. The van der Waals surface area contributed by atoms with Crippen molar-refractivity contribution in [1.29, 1.82) is 0 Å². The first-order chi connectivity index (χ1) is 17.7. The number of amides is 3. The predicted molar refractivity (Wildman–Crippen MR) is 139 cm³/mol. The van der Waals surface area contributed by atoms with Gasteiger partial charge in [0, 0.05) is 42.1 Å². The molecular weight excluding hydrogens is 499 g/mol. The van der Waals surface area contributed by atoms with E-state index in [2.05, 4.69) is 10.6 Å². The van der Waals surface area contributed by atoms with E-state index >= 15 is 0 Å². The zero-order chi connectivity index (χ0) is 26.7. The molecule has 1 aliphatic carbocycles. The molecule has 3 atom stereocenters. The van der Waals surface area contributed by atoms with Gasteiger partial charge in [-0.1, -0.05) is 17.7 Å². The average Bonchev–Trinajstić information content (AvgIpc) is 3.64. The molecule has 0 unspecified atom stereocenters. The van der Waals surface area contributed by atoms with Crippen molar-refractivity contribution in [3.63, 3.8) is 0 Å². The lowest BCUT2D eigenvalue weighted by molar-refractivity contribution is -0.134.